The number of benzene rings is 1. The van der Waals surface area contributed by atoms with Crippen LogP contribution in [-0.2, 0) is 6.54 Å². The van der Waals surface area contributed by atoms with E-state index in [1.54, 1.807) is 0 Å². The van der Waals surface area contributed by atoms with Crippen LogP contribution in [0.4, 0.5) is 0 Å². The van der Waals surface area contributed by atoms with Gasteiger partial charge in [-0.1, -0.05) is 18.2 Å². The first-order valence-corrected chi connectivity index (χ1v) is 5.53. The molecule has 0 spiro atoms. The second-order valence-electron chi connectivity index (χ2n) is 3.37. The Balaban J connectivity index is 2.48. The highest BCUT2D eigenvalue weighted by Gasteiger charge is 2.14. The minimum absolute atomic E-state index is 0.920. The van der Waals surface area contributed by atoms with E-state index in [0.29, 0.717) is 0 Å². The second-order valence-corrected chi connectivity index (χ2v) is 4.34. The average Bonchev–Trinajstić information content (AvgIpc) is 2.55. The molecule has 0 fully saturated rings. The summed E-state index contributed by atoms with van der Waals surface area (Å²) in [7, 11) is 0. The molecule has 2 aromatic rings. The van der Waals surface area contributed by atoms with Crippen LogP contribution < -0.4 is 5.32 Å². The van der Waals surface area contributed by atoms with Gasteiger partial charge in [-0.3, -0.25) is 2.78 Å². The average molecular weight is 296 g/mol. The van der Waals surface area contributed by atoms with Gasteiger partial charge >= 0.3 is 0 Å². The molecule has 70 valence electrons. The number of para-hydroxylation sites is 1. The topological polar surface area (TPSA) is 17.0 Å². The Bertz CT molecular complexity index is 525. The molecule has 0 radical (unpaired) electrons. The van der Waals surface area contributed by atoms with Crippen molar-refractivity contribution in [3.63, 3.8) is 0 Å². The van der Waals surface area contributed by atoms with Gasteiger partial charge in [0, 0.05) is 10.9 Å². The lowest BCUT2D eigenvalue weighted by Gasteiger charge is -2.08. The fourth-order valence-electron chi connectivity index (χ4n) is 1.93. The molecule has 0 bridgehead atoms. The highest BCUT2D eigenvalue weighted by atomic mass is 127. The molecule has 1 aliphatic rings. The summed E-state index contributed by atoms with van der Waals surface area (Å²) in [5.41, 5.74) is 4.01. The van der Waals surface area contributed by atoms with Crippen molar-refractivity contribution in [2.45, 2.75) is 6.54 Å². The summed E-state index contributed by atoms with van der Waals surface area (Å²) < 4.78 is 2.24. The van der Waals surface area contributed by atoms with Crippen molar-refractivity contribution in [3.8, 4) is 0 Å². The number of nitrogens with zero attached hydrogens (tertiary/aromatic N) is 1. The van der Waals surface area contributed by atoms with E-state index in [1.165, 1.54) is 22.2 Å². The first-order valence-electron chi connectivity index (χ1n) is 4.56. The van der Waals surface area contributed by atoms with Crippen molar-refractivity contribution in [3.05, 3.63) is 41.7 Å². The Hall–Kier alpha value is -0.970. The van der Waals surface area contributed by atoms with E-state index in [4.69, 9.17) is 0 Å². The number of nitrogens with one attached hydrogen (secondary N) is 1. The largest absolute Gasteiger partial charge is 0.385 e. The van der Waals surface area contributed by atoms with E-state index in [1.807, 2.05) is 6.20 Å². The van der Waals surface area contributed by atoms with Crippen LogP contribution in [0.1, 0.15) is 11.3 Å². The lowest BCUT2D eigenvalue weighted by Crippen LogP contribution is -2.11. The predicted molar refractivity (Wildman–Crippen MR) is 67.2 cm³/mol. The summed E-state index contributed by atoms with van der Waals surface area (Å²) in [5, 5.41) is 4.58. The zero-order valence-electron chi connectivity index (χ0n) is 7.50. The van der Waals surface area contributed by atoms with Gasteiger partial charge in [-0.25, -0.2) is 0 Å². The van der Waals surface area contributed by atoms with Gasteiger partial charge in [-0.15, -0.1) is 0 Å². The fourth-order valence-corrected chi connectivity index (χ4v) is 2.78. The van der Waals surface area contributed by atoms with Crippen molar-refractivity contribution in [2.75, 3.05) is 0 Å². The standard InChI is InChI=1S/C11H9IN2/c12-14-10-4-2-1-3-8(10)9-5-6-13-7-11(9)14/h1-6,13H,7H2. The Morgan fingerprint density at radius 3 is 3.07 bits per heavy atom. The number of rotatable bonds is 0. The monoisotopic (exact) mass is 296 g/mol. The molecule has 0 atom stereocenters. The maximum atomic E-state index is 3.24. The molecule has 1 N–H and O–H groups in total. The summed E-state index contributed by atoms with van der Waals surface area (Å²) in [6, 6.07) is 8.52. The van der Waals surface area contributed by atoms with Crippen LogP contribution in [0.3, 0.4) is 0 Å². The zero-order valence-corrected chi connectivity index (χ0v) is 9.65. The Morgan fingerprint density at radius 1 is 1.29 bits per heavy atom. The van der Waals surface area contributed by atoms with E-state index in [-0.39, 0.29) is 0 Å². The minimum atomic E-state index is 0.920. The number of halogens is 1. The van der Waals surface area contributed by atoms with Gasteiger partial charge < -0.3 is 5.32 Å². The molecule has 0 unspecified atom stereocenters. The molecular formula is C11H9IN2. The number of hydrogen-bond donors (Lipinski definition) is 1. The normalized spacial score (nSPS) is 14.1. The molecule has 14 heavy (non-hydrogen) atoms. The first kappa shape index (κ1) is 8.35. The van der Waals surface area contributed by atoms with Crippen LogP contribution in [0.25, 0.3) is 17.0 Å². The van der Waals surface area contributed by atoms with E-state index >= 15 is 0 Å². The van der Waals surface area contributed by atoms with Crippen LogP contribution in [0.5, 0.6) is 0 Å². The SMILES string of the molecule is In1c2c(c3ccccc31)C=CNC2. The van der Waals surface area contributed by atoms with E-state index in [0.717, 1.165) is 6.54 Å². The Labute approximate surface area is 96.1 Å². The molecule has 1 aromatic carbocycles. The molecule has 0 saturated carbocycles. The highest BCUT2D eigenvalue weighted by molar-refractivity contribution is 14.1. The Kier molecular flexibility index (Phi) is 1.80. The first-order chi connectivity index (χ1) is 6.88. The van der Waals surface area contributed by atoms with E-state index in [9.17, 15) is 0 Å². The van der Waals surface area contributed by atoms with E-state index in [2.05, 4.69) is 61.3 Å². The molecule has 2 nitrogen and oxygen atoms in total. The lowest BCUT2D eigenvalue weighted by atomic mass is 10.1. The molecule has 3 heteroatoms. The number of hydrogen-bond acceptors (Lipinski definition) is 1. The number of aromatic nitrogens is 1. The van der Waals surface area contributed by atoms with Crippen molar-refractivity contribution < 1.29 is 0 Å². The van der Waals surface area contributed by atoms with Gasteiger partial charge in [0.25, 0.3) is 0 Å². The van der Waals surface area contributed by atoms with Gasteiger partial charge in [0.05, 0.1) is 40.6 Å². The molecule has 1 aromatic heterocycles. The van der Waals surface area contributed by atoms with Crippen LogP contribution in [-0.4, -0.2) is 2.78 Å². The number of fused-ring (bicyclic) bond motifs is 3. The van der Waals surface area contributed by atoms with Gasteiger partial charge in [0.2, 0.25) is 0 Å². The smallest absolute Gasteiger partial charge is 0.0644 e. The third kappa shape index (κ3) is 1.02. The quantitative estimate of drug-likeness (QED) is 0.740. The van der Waals surface area contributed by atoms with Crippen LogP contribution in [0.2, 0.25) is 0 Å². The van der Waals surface area contributed by atoms with Crippen molar-refractivity contribution >= 4 is 39.8 Å². The van der Waals surface area contributed by atoms with Gasteiger partial charge in [0.15, 0.2) is 0 Å². The Morgan fingerprint density at radius 2 is 2.14 bits per heavy atom. The molecule has 2 heterocycles. The third-order valence-electron chi connectivity index (χ3n) is 2.59. The predicted octanol–water partition coefficient (Wildman–Crippen LogP) is 2.91. The van der Waals surface area contributed by atoms with Crippen molar-refractivity contribution in [1.29, 1.82) is 0 Å². The van der Waals surface area contributed by atoms with Crippen molar-refractivity contribution in [1.82, 2.24) is 8.10 Å². The summed E-state index contributed by atoms with van der Waals surface area (Å²) in [6.45, 7) is 0.920. The summed E-state index contributed by atoms with van der Waals surface area (Å²) in [6.07, 6.45) is 4.17. The molecule has 0 saturated heterocycles. The van der Waals surface area contributed by atoms with Gasteiger partial charge in [-0.2, -0.15) is 0 Å². The van der Waals surface area contributed by atoms with Crippen LogP contribution in [0.15, 0.2) is 30.5 Å². The second kappa shape index (κ2) is 3.02. The molecule has 3 rings (SSSR count). The van der Waals surface area contributed by atoms with Crippen LogP contribution >= 0.6 is 22.9 Å². The maximum absolute atomic E-state index is 3.24. The summed E-state index contributed by atoms with van der Waals surface area (Å²) in [5.74, 6) is 0. The van der Waals surface area contributed by atoms with Crippen molar-refractivity contribution in [2.24, 2.45) is 0 Å². The molecular weight excluding hydrogens is 287 g/mol. The van der Waals surface area contributed by atoms with E-state index < -0.39 is 0 Å². The minimum Gasteiger partial charge on any atom is -0.385 e. The van der Waals surface area contributed by atoms with Crippen LogP contribution in [0, 0.1) is 0 Å². The van der Waals surface area contributed by atoms with Gasteiger partial charge in [0.1, 0.15) is 0 Å². The summed E-state index contributed by atoms with van der Waals surface area (Å²) >= 11 is 2.36. The lowest BCUT2D eigenvalue weighted by molar-refractivity contribution is 0.832. The third-order valence-corrected chi connectivity index (χ3v) is 3.69. The van der Waals surface area contributed by atoms with Gasteiger partial charge in [-0.05, 0) is 18.3 Å². The molecule has 0 amide bonds. The zero-order chi connectivity index (χ0) is 9.54. The molecule has 1 aliphatic heterocycles. The maximum Gasteiger partial charge on any atom is 0.0644 e. The fraction of sp³-hybridized carbons (Fsp3) is 0.0909. The molecule has 0 aliphatic carbocycles. The summed E-state index contributed by atoms with van der Waals surface area (Å²) in [4.78, 5) is 0. The highest BCUT2D eigenvalue weighted by Crippen LogP contribution is 2.30.